The van der Waals surface area contributed by atoms with Crippen molar-refractivity contribution < 1.29 is 18.7 Å². The molecule has 0 bridgehead atoms. The Kier molecular flexibility index (Phi) is 7.63. The second kappa shape index (κ2) is 10.2. The van der Waals surface area contributed by atoms with E-state index in [-0.39, 0.29) is 47.8 Å². The summed E-state index contributed by atoms with van der Waals surface area (Å²) in [6, 6.07) is 5.52. The van der Waals surface area contributed by atoms with E-state index in [0.29, 0.717) is 12.3 Å². The highest BCUT2D eigenvalue weighted by atomic mass is 32.2. The van der Waals surface area contributed by atoms with Crippen molar-refractivity contribution in [3.63, 3.8) is 0 Å². The maximum Gasteiger partial charge on any atom is 0.343 e. The summed E-state index contributed by atoms with van der Waals surface area (Å²) in [5.74, 6) is -0.0995. The molecular weight excluding hydrogens is 370 g/mol. The van der Waals surface area contributed by atoms with Crippen molar-refractivity contribution in [2.24, 2.45) is 0 Å². The molecule has 0 aromatic carbocycles. The minimum absolute atomic E-state index is 0.00433. The molecule has 0 aliphatic heterocycles. The molecule has 2 aromatic heterocycles. The van der Waals surface area contributed by atoms with Crippen molar-refractivity contribution >= 4 is 29.5 Å². The van der Waals surface area contributed by atoms with Gasteiger partial charge in [0.05, 0.1) is 37.7 Å². The van der Waals surface area contributed by atoms with Gasteiger partial charge in [0.15, 0.2) is 5.16 Å². The van der Waals surface area contributed by atoms with E-state index in [4.69, 9.17) is 20.1 Å². The number of ether oxygens (including phenoxy) is 1. The number of furan rings is 1. The van der Waals surface area contributed by atoms with Gasteiger partial charge in [0.1, 0.15) is 17.1 Å². The molecule has 2 rings (SSSR count). The quantitative estimate of drug-likeness (QED) is 0.387. The minimum atomic E-state index is -0.594. The van der Waals surface area contributed by atoms with Gasteiger partial charge in [-0.3, -0.25) is 4.79 Å². The molecule has 0 saturated carbocycles. The molecule has 0 spiro atoms. The van der Waals surface area contributed by atoms with E-state index in [1.165, 1.54) is 17.4 Å². The zero-order valence-corrected chi connectivity index (χ0v) is 15.6. The van der Waals surface area contributed by atoms with Gasteiger partial charge in [0, 0.05) is 12.7 Å². The van der Waals surface area contributed by atoms with Gasteiger partial charge in [0.25, 0.3) is 0 Å². The molecule has 2 N–H and O–H groups in total. The standard InChI is InChI=1S/C17H19N5O4S/c1-2-25-16(24)13-9-20-17(21-15(13)19)27-11-14(23)22(7-4-6-18)10-12-5-3-8-26-12/h3,5,8-9H,2,4,7,10-11H2,1H3,(H2,19,20,21). The summed E-state index contributed by atoms with van der Waals surface area (Å²) in [4.78, 5) is 33.8. The Morgan fingerprint density at radius 3 is 2.93 bits per heavy atom. The van der Waals surface area contributed by atoms with Crippen LogP contribution in [0.25, 0.3) is 0 Å². The first-order chi connectivity index (χ1) is 13.0. The number of nitrogens with two attached hydrogens (primary N) is 1. The van der Waals surface area contributed by atoms with Crippen LogP contribution in [0.3, 0.4) is 0 Å². The third-order valence-electron chi connectivity index (χ3n) is 3.39. The summed E-state index contributed by atoms with van der Waals surface area (Å²) in [5, 5.41) is 9.05. The summed E-state index contributed by atoms with van der Waals surface area (Å²) in [5.41, 5.74) is 5.85. The van der Waals surface area contributed by atoms with E-state index in [2.05, 4.69) is 9.97 Å². The predicted octanol–water partition coefficient (Wildman–Crippen LogP) is 1.86. The normalized spacial score (nSPS) is 10.2. The predicted molar refractivity (Wildman–Crippen MR) is 97.5 cm³/mol. The minimum Gasteiger partial charge on any atom is -0.467 e. The fourth-order valence-electron chi connectivity index (χ4n) is 2.10. The van der Waals surface area contributed by atoms with Crippen molar-refractivity contribution in [2.45, 2.75) is 25.0 Å². The Morgan fingerprint density at radius 1 is 1.48 bits per heavy atom. The highest BCUT2D eigenvalue weighted by Gasteiger charge is 2.18. The van der Waals surface area contributed by atoms with Crippen LogP contribution in [0.5, 0.6) is 0 Å². The number of aromatic nitrogens is 2. The number of rotatable bonds is 9. The monoisotopic (exact) mass is 389 g/mol. The van der Waals surface area contributed by atoms with Gasteiger partial charge in [-0.2, -0.15) is 5.26 Å². The lowest BCUT2D eigenvalue weighted by atomic mass is 10.3. The molecule has 1 amide bonds. The number of carbonyl (C=O) groups excluding carboxylic acids is 2. The van der Waals surface area contributed by atoms with Gasteiger partial charge in [-0.25, -0.2) is 14.8 Å². The molecule has 0 fully saturated rings. The number of hydrogen-bond donors (Lipinski definition) is 1. The van der Waals surface area contributed by atoms with Gasteiger partial charge in [-0.05, 0) is 19.1 Å². The maximum atomic E-state index is 12.5. The number of thioether (sulfide) groups is 1. The van der Waals surface area contributed by atoms with Crippen molar-refractivity contribution in [1.82, 2.24) is 14.9 Å². The van der Waals surface area contributed by atoms with E-state index >= 15 is 0 Å². The molecule has 0 unspecified atom stereocenters. The van der Waals surface area contributed by atoms with Gasteiger partial charge < -0.3 is 19.8 Å². The molecule has 142 valence electrons. The first-order valence-electron chi connectivity index (χ1n) is 8.14. The number of esters is 1. The molecule has 2 aromatic rings. The largest absolute Gasteiger partial charge is 0.467 e. The van der Waals surface area contributed by atoms with Crippen molar-refractivity contribution in [2.75, 3.05) is 24.6 Å². The number of nitriles is 1. The molecule has 2 heterocycles. The molecule has 0 saturated heterocycles. The smallest absolute Gasteiger partial charge is 0.343 e. The van der Waals surface area contributed by atoms with Crippen LogP contribution < -0.4 is 5.73 Å². The Balaban J connectivity index is 1.98. The number of nitrogens with zero attached hydrogens (tertiary/aromatic N) is 4. The van der Waals surface area contributed by atoms with Crippen LogP contribution in [-0.2, 0) is 16.1 Å². The Hall–Kier alpha value is -3.06. The lowest BCUT2D eigenvalue weighted by Crippen LogP contribution is -2.32. The van der Waals surface area contributed by atoms with Crippen LogP contribution in [-0.4, -0.2) is 45.6 Å². The SMILES string of the molecule is CCOC(=O)c1cnc(SCC(=O)N(CCC#N)Cc2ccco2)nc1N. The second-order valence-electron chi connectivity index (χ2n) is 5.26. The third-order valence-corrected chi connectivity index (χ3v) is 4.24. The highest BCUT2D eigenvalue weighted by molar-refractivity contribution is 7.99. The van der Waals surface area contributed by atoms with Crippen molar-refractivity contribution in [3.8, 4) is 6.07 Å². The van der Waals surface area contributed by atoms with Crippen LogP contribution in [0.15, 0.2) is 34.2 Å². The van der Waals surface area contributed by atoms with E-state index < -0.39 is 5.97 Å². The fourth-order valence-corrected chi connectivity index (χ4v) is 2.82. The molecule has 9 nitrogen and oxygen atoms in total. The van der Waals surface area contributed by atoms with E-state index in [9.17, 15) is 9.59 Å². The zero-order valence-electron chi connectivity index (χ0n) is 14.8. The molecule has 10 heteroatoms. The van der Waals surface area contributed by atoms with Gasteiger partial charge in [-0.1, -0.05) is 11.8 Å². The summed E-state index contributed by atoms with van der Waals surface area (Å²) in [6.07, 6.45) is 3.02. The first kappa shape index (κ1) is 20.3. The average molecular weight is 389 g/mol. The van der Waals surface area contributed by atoms with Gasteiger partial charge >= 0.3 is 5.97 Å². The first-order valence-corrected chi connectivity index (χ1v) is 9.13. The van der Waals surface area contributed by atoms with Gasteiger partial charge in [-0.15, -0.1) is 0 Å². The van der Waals surface area contributed by atoms with E-state index in [1.807, 2.05) is 6.07 Å². The second-order valence-corrected chi connectivity index (χ2v) is 6.21. The highest BCUT2D eigenvalue weighted by Crippen LogP contribution is 2.18. The molecule has 27 heavy (non-hydrogen) atoms. The molecule has 0 atom stereocenters. The Labute approximate surface area is 160 Å². The number of carbonyl (C=O) groups is 2. The Bertz CT molecular complexity index is 819. The third kappa shape index (κ3) is 6.00. The van der Waals surface area contributed by atoms with Crippen LogP contribution in [0.2, 0.25) is 0 Å². The molecule has 0 aliphatic carbocycles. The number of amides is 1. The van der Waals surface area contributed by atoms with E-state index in [1.54, 1.807) is 19.1 Å². The molecular formula is C17H19N5O4S. The summed E-state index contributed by atoms with van der Waals surface area (Å²) in [6.45, 7) is 2.48. The maximum absolute atomic E-state index is 12.5. The molecule has 0 aliphatic rings. The van der Waals surface area contributed by atoms with Crippen LogP contribution in [0.4, 0.5) is 5.82 Å². The van der Waals surface area contributed by atoms with E-state index in [0.717, 1.165) is 11.8 Å². The number of anilines is 1. The van der Waals surface area contributed by atoms with Crippen molar-refractivity contribution in [1.29, 1.82) is 5.26 Å². The zero-order chi connectivity index (χ0) is 19.6. The topological polar surface area (TPSA) is 135 Å². The van der Waals surface area contributed by atoms with Crippen LogP contribution >= 0.6 is 11.8 Å². The Morgan fingerprint density at radius 2 is 2.30 bits per heavy atom. The van der Waals surface area contributed by atoms with Crippen molar-refractivity contribution in [3.05, 3.63) is 35.9 Å². The average Bonchev–Trinajstić information content (AvgIpc) is 3.16. The molecule has 0 radical (unpaired) electrons. The summed E-state index contributed by atoms with van der Waals surface area (Å²) < 4.78 is 10.1. The van der Waals surface area contributed by atoms with Crippen LogP contribution in [0.1, 0.15) is 29.5 Å². The fraction of sp³-hybridized carbons (Fsp3) is 0.353. The lowest BCUT2D eigenvalue weighted by Gasteiger charge is -2.20. The number of nitrogen functional groups attached to an aromatic ring is 1. The van der Waals surface area contributed by atoms with Gasteiger partial charge in [0.2, 0.25) is 5.91 Å². The summed E-state index contributed by atoms with van der Waals surface area (Å²) in [7, 11) is 0. The van der Waals surface area contributed by atoms with Crippen LogP contribution in [0, 0.1) is 11.3 Å². The number of hydrogen-bond acceptors (Lipinski definition) is 9. The summed E-state index contributed by atoms with van der Waals surface area (Å²) >= 11 is 1.09. The lowest BCUT2D eigenvalue weighted by molar-refractivity contribution is -0.129.